The maximum atomic E-state index is 13.1. The molecule has 7 nitrogen and oxygen atoms in total. The van der Waals surface area contributed by atoms with Gasteiger partial charge in [0.1, 0.15) is 6.04 Å². The van der Waals surface area contributed by atoms with Crippen LogP contribution in [0.4, 0.5) is 0 Å². The number of amides is 1. The van der Waals surface area contributed by atoms with Crippen LogP contribution in [0.25, 0.3) is 11.0 Å². The fraction of sp³-hybridized carbons (Fsp3) is 0.556. The topological polar surface area (TPSA) is 88.3 Å². The summed E-state index contributed by atoms with van der Waals surface area (Å²) >= 11 is 0. The third kappa shape index (κ3) is 2.99. The van der Waals surface area contributed by atoms with Gasteiger partial charge in [0, 0.05) is 18.3 Å². The second kappa shape index (κ2) is 6.46. The van der Waals surface area contributed by atoms with Gasteiger partial charge in [-0.05, 0) is 38.7 Å². The maximum Gasteiger partial charge on any atom is 0.326 e. The Morgan fingerprint density at radius 3 is 2.60 bits per heavy atom. The Bertz CT molecular complexity index is 825. The van der Waals surface area contributed by atoms with Crippen molar-refractivity contribution in [2.45, 2.75) is 58.5 Å². The number of rotatable bonds is 4. The number of pyridine rings is 1. The third-order valence-corrected chi connectivity index (χ3v) is 4.70. The summed E-state index contributed by atoms with van der Waals surface area (Å²) in [5, 5.41) is 14.5. The van der Waals surface area contributed by atoms with Crippen molar-refractivity contribution < 1.29 is 14.7 Å². The minimum absolute atomic E-state index is 0.119. The van der Waals surface area contributed by atoms with Crippen molar-refractivity contribution in [3.05, 3.63) is 23.5 Å². The lowest BCUT2D eigenvalue weighted by atomic mass is 10.0. The quantitative estimate of drug-likeness (QED) is 0.921. The Morgan fingerprint density at radius 2 is 2.00 bits per heavy atom. The Morgan fingerprint density at radius 1 is 1.28 bits per heavy atom. The van der Waals surface area contributed by atoms with E-state index in [9.17, 15) is 14.7 Å². The number of carbonyl (C=O) groups is 2. The standard InChI is InChI=1S/C18H24N4O3/c1-10(2)14-8-12(13-9-19-22(11(3)4)16(13)20-14)17(23)21-7-5-6-15(21)18(24)25/h8-11,15H,5-7H2,1-4H3,(H,24,25)/t15-/m1/s1. The molecule has 2 aromatic rings. The van der Waals surface area contributed by atoms with Gasteiger partial charge in [0.15, 0.2) is 5.65 Å². The molecule has 0 bridgehead atoms. The van der Waals surface area contributed by atoms with Crippen LogP contribution in [0.2, 0.25) is 0 Å². The molecular weight excluding hydrogens is 320 g/mol. The van der Waals surface area contributed by atoms with Crippen LogP contribution < -0.4 is 0 Å². The monoisotopic (exact) mass is 344 g/mol. The predicted octanol–water partition coefficient (Wildman–Crippen LogP) is 2.82. The van der Waals surface area contributed by atoms with Gasteiger partial charge >= 0.3 is 5.97 Å². The summed E-state index contributed by atoms with van der Waals surface area (Å²) in [4.78, 5) is 30.7. The molecule has 3 rings (SSSR count). The van der Waals surface area contributed by atoms with Crippen molar-refractivity contribution in [1.29, 1.82) is 0 Å². The number of nitrogens with zero attached hydrogens (tertiary/aromatic N) is 4. The van der Waals surface area contributed by atoms with Crippen LogP contribution in [0.3, 0.4) is 0 Å². The highest BCUT2D eigenvalue weighted by atomic mass is 16.4. The molecule has 1 aliphatic heterocycles. The molecule has 134 valence electrons. The molecule has 0 radical (unpaired) electrons. The first kappa shape index (κ1) is 17.4. The van der Waals surface area contributed by atoms with Gasteiger partial charge in [-0.3, -0.25) is 4.79 Å². The van der Waals surface area contributed by atoms with Crippen molar-refractivity contribution in [1.82, 2.24) is 19.7 Å². The van der Waals surface area contributed by atoms with Crippen molar-refractivity contribution >= 4 is 22.9 Å². The highest BCUT2D eigenvalue weighted by molar-refractivity contribution is 6.06. The van der Waals surface area contributed by atoms with E-state index in [2.05, 4.69) is 5.10 Å². The van der Waals surface area contributed by atoms with Gasteiger partial charge in [-0.25, -0.2) is 14.5 Å². The summed E-state index contributed by atoms with van der Waals surface area (Å²) in [6.07, 6.45) is 2.86. The van der Waals surface area contributed by atoms with E-state index in [1.807, 2.05) is 27.7 Å². The number of likely N-dealkylation sites (tertiary alicyclic amines) is 1. The zero-order chi connectivity index (χ0) is 18.3. The first-order chi connectivity index (χ1) is 11.8. The average Bonchev–Trinajstić information content (AvgIpc) is 3.19. The molecule has 1 fully saturated rings. The van der Waals surface area contributed by atoms with E-state index < -0.39 is 12.0 Å². The lowest BCUT2D eigenvalue weighted by Gasteiger charge is -2.22. The second-order valence-corrected chi connectivity index (χ2v) is 7.16. The van der Waals surface area contributed by atoms with E-state index in [-0.39, 0.29) is 17.9 Å². The van der Waals surface area contributed by atoms with Gasteiger partial charge in [0.25, 0.3) is 5.91 Å². The van der Waals surface area contributed by atoms with Gasteiger partial charge in [-0.1, -0.05) is 13.8 Å². The summed E-state index contributed by atoms with van der Waals surface area (Å²) in [5.74, 6) is -1.04. The van der Waals surface area contributed by atoms with E-state index in [0.29, 0.717) is 36.0 Å². The zero-order valence-electron chi connectivity index (χ0n) is 15.1. The fourth-order valence-electron chi connectivity index (χ4n) is 3.31. The summed E-state index contributed by atoms with van der Waals surface area (Å²) in [6.45, 7) is 8.54. The Labute approximate surface area is 146 Å². The van der Waals surface area contributed by atoms with Crippen molar-refractivity contribution in [2.24, 2.45) is 0 Å². The number of hydrogen-bond acceptors (Lipinski definition) is 4. The first-order valence-electron chi connectivity index (χ1n) is 8.73. The lowest BCUT2D eigenvalue weighted by Crippen LogP contribution is -2.40. The SMILES string of the molecule is CC(C)c1cc(C(=O)N2CCC[C@@H]2C(=O)O)c2cnn(C(C)C)c2n1. The van der Waals surface area contributed by atoms with E-state index in [0.717, 1.165) is 5.69 Å². The molecule has 0 aromatic carbocycles. The molecule has 0 saturated carbocycles. The molecule has 0 spiro atoms. The Balaban J connectivity index is 2.14. The highest BCUT2D eigenvalue weighted by Gasteiger charge is 2.35. The summed E-state index contributed by atoms with van der Waals surface area (Å²) in [5.41, 5.74) is 1.98. The van der Waals surface area contributed by atoms with E-state index in [4.69, 9.17) is 4.98 Å². The summed E-state index contributed by atoms with van der Waals surface area (Å²) in [6, 6.07) is 1.16. The Hall–Kier alpha value is -2.44. The van der Waals surface area contributed by atoms with E-state index in [1.54, 1.807) is 16.9 Å². The molecule has 25 heavy (non-hydrogen) atoms. The molecule has 2 aromatic heterocycles. The van der Waals surface area contributed by atoms with Crippen LogP contribution in [0.5, 0.6) is 0 Å². The van der Waals surface area contributed by atoms with Crippen LogP contribution in [-0.2, 0) is 4.79 Å². The lowest BCUT2D eigenvalue weighted by molar-refractivity contribution is -0.141. The van der Waals surface area contributed by atoms with Gasteiger partial charge in [0.2, 0.25) is 0 Å². The Kier molecular flexibility index (Phi) is 4.49. The van der Waals surface area contributed by atoms with E-state index in [1.165, 1.54) is 4.90 Å². The molecule has 1 atom stereocenters. The normalized spacial score (nSPS) is 17.8. The van der Waals surface area contributed by atoms with Crippen LogP contribution in [-0.4, -0.2) is 49.2 Å². The molecule has 3 heterocycles. The van der Waals surface area contributed by atoms with Gasteiger partial charge in [-0.2, -0.15) is 5.10 Å². The largest absolute Gasteiger partial charge is 0.480 e. The average molecular weight is 344 g/mol. The van der Waals surface area contributed by atoms with Crippen molar-refractivity contribution in [3.63, 3.8) is 0 Å². The van der Waals surface area contributed by atoms with Gasteiger partial charge in [-0.15, -0.1) is 0 Å². The minimum Gasteiger partial charge on any atom is -0.480 e. The number of fused-ring (bicyclic) bond motifs is 1. The van der Waals surface area contributed by atoms with Crippen LogP contribution in [0.15, 0.2) is 12.3 Å². The molecule has 1 aliphatic rings. The second-order valence-electron chi connectivity index (χ2n) is 7.16. The molecule has 7 heteroatoms. The van der Waals surface area contributed by atoms with Crippen LogP contribution in [0, 0.1) is 0 Å². The number of aromatic nitrogens is 3. The van der Waals surface area contributed by atoms with Crippen LogP contribution in [0.1, 0.15) is 68.5 Å². The number of hydrogen-bond donors (Lipinski definition) is 1. The smallest absolute Gasteiger partial charge is 0.326 e. The predicted molar refractivity (Wildman–Crippen MR) is 93.7 cm³/mol. The first-order valence-corrected chi connectivity index (χ1v) is 8.73. The van der Waals surface area contributed by atoms with E-state index >= 15 is 0 Å². The molecule has 0 aliphatic carbocycles. The molecule has 0 unspecified atom stereocenters. The molecular formula is C18H24N4O3. The van der Waals surface area contributed by atoms with Crippen molar-refractivity contribution in [3.8, 4) is 0 Å². The number of carboxylic acid groups (broad SMARTS) is 1. The third-order valence-electron chi connectivity index (χ3n) is 4.70. The number of carbonyl (C=O) groups excluding carboxylic acids is 1. The van der Waals surface area contributed by atoms with Gasteiger partial charge < -0.3 is 10.0 Å². The zero-order valence-corrected chi connectivity index (χ0v) is 15.1. The molecule has 1 amide bonds. The summed E-state index contributed by atoms with van der Waals surface area (Å²) < 4.78 is 1.80. The summed E-state index contributed by atoms with van der Waals surface area (Å²) in [7, 11) is 0. The number of aliphatic carboxylic acids is 1. The highest BCUT2D eigenvalue weighted by Crippen LogP contribution is 2.28. The molecule has 1 N–H and O–H groups in total. The van der Waals surface area contributed by atoms with Crippen LogP contribution >= 0.6 is 0 Å². The molecule has 1 saturated heterocycles. The van der Waals surface area contributed by atoms with Gasteiger partial charge in [0.05, 0.1) is 17.1 Å². The van der Waals surface area contributed by atoms with Crippen molar-refractivity contribution in [2.75, 3.05) is 6.54 Å². The minimum atomic E-state index is -0.946. The number of carboxylic acids is 1. The fourth-order valence-corrected chi connectivity index (χ4v) is 3.31. The maximum absolute atomic E-state index is 13.1.